The van der Waals surface area contributed by atoms with Gasteiger partial charge in [-0.25, -0.2) is 4.39 Å². The van der Waals surface area contributed by atoms with Crippen molar-refractivity contribution in [3.8, 4) is 5.75 Å². The van der Waals surface area contributed by atoms with Crippen molar-refractivity contribution in [3.05, 3.63) is 30.1 Å². The van der Waals surface area contributed by atoms with Crippen molar-refractivity contribution >= 4 is 5.91 Å². The first-order valence-corrected chi connectivity index (χ1v) is 7.04. The Hall–Kier alpha value is -1.62. The molecule has 2 unspecified atom stereocenters. The molecule has 1 amide bonds. The summed E-state index contributed by atoms with van der Waals surface area (Å²) >= 11 is 0. The van der Waals surface area contributed by atoms with Crippen LogP contribution < -0.4 is 15.4 Å². The lowest BCUT2D eigenvalue weighted by molar-refractivity contribution is -0.122. The van der Waals surface area contributed by atoms with Crippen molar-refractivity contribution in [2.24, 2.45) is 0 Å². The molecule has 2 rings (SSSR count). The van der Waals surface area contributed by atoms with E-state index < -0.39 is 0 Å². The number of ether oxygens (including phenoxy) is 1. The molecule has 1 aromatic rings. The largest absolute Gasteiger partial charge is 0.493 e. The Bertz CT molecular complexity index is 436. The molecule has 20 heavy (non-hydrogen) atoms. The van der Waals surface area contributed by atoms with Crippen LogP contribution >= 0.6 is 0 Å². The van der Waals surface area contributed by atoms with Gasteiger partial charge in [-0.15, -0.1) is 0 Å². The molecule has 4 nitrogen and oxygen atoms in total. The predicted octanol–water partition coefficient (Wildman–Crippen LogP) is 1.85. The van der Waals surface area contributed by atoms with Crippen LogP contribution in [0.25, 0.3) is 0 Å². The second-order valence-electron chi connectivity index (χ2n) is 5.20. The van der Waals surface area contributed by atoms with Gasteiger partial charge in [-0.2, -0.15) is 0 Å². The van der Waals surface area contributed by atoms with Crippen LogP contribution in [0.4, 0.5) is 4.39 Å². The molecule has 0 spiro atoms. The summed E-state index contributed by atoms with van der Waals surface area (Å²) in [6.07, 6.45) is 2.25. The van der Waals surface area contributed by atoms with Gasteiger partial charge < -0.3 is 15.4 Å². The van der Waals surface area contributed by atoms with Crippen molar-refractivity contribution in [2.75, 3.05) is 13.2 Å². The third kappa shape index (κ3) is 4.81. The van der Waals surface area contributed by atoms with E-state index in [1.807, 2.05) is 0 Å². The lowest BCUT2D eigenvalue weighted by atomic mass is 10.0. The van der Waals surface area contributed by atoms with Crippen LogP contribution in [-0.4, -0.2) is 31.1 Å². The number of carbonyl (C=O) groups excluding carboxylic acids is 1. The number of hydrogen-bond donors (Lipinski definition) is 2. The standard InChI is InChI=1S/C15H21FN2O2/c1-11-10-13(6-8-17-11)18-15(19)7-9-20-14-4-2-12(16)3-5-14/h2-5,11,13,17H,6-10H2,1H3,(H,18,19). The van der Waals surface area contributed by atoms with Crippen LogP contribution in [0.5, 0.6) is 5.75 Å². The van der Waals surface area contributed by atoms with Gasteiger partial charge in [0.2, 0.25) is 5.91 Å². The van der Waals surface area contributed by atoms with E-state index in [0.717, 1.165) is 19.4 Å². The molecule has 5 heteroatoms. The Balaban J connectivity index is 1.66. The van der Waals surface area contributed by atoms with Crippen LogP contribution in [0.3, 0.4) is 0 Å². The third-order valence-corrected chi connectivity index (χ3v) is 3.40. The Morgan fingerprint density at radius 3 is 2.90 bits per heavy atom. The van der Waals surface area contributed by atoms with Gasteiger partial charge in [0.05, 0.1) is 13.0 Å². The maximum Gasteiger partial charge on any atom is 0.223 e. The highest BCUT2D eigenvalue weighted by molar-refractivity contribution is 5.76. The molecular formula is C15H21FN2O2. The molecule has 1 saturated heterocycles. The summed E-state index contributed by atoms with van der Waals surface area (Å²) in [4.78, 5) is 11.8. The maximum absolute atomic E-state index is 12.7. The molecule has 2 atom stereocenters. The predicted molar refractivity (Wildman–Crippen MR) is 75.1 cm³/mol. The normalized spacial score (nSPS) is 22.3. The summed E-state index contributed by atoms with van der Waals surface area (Å²) in [6, 6.07) is 6.50. The lowest BCUT2D eigenvalue weighted by Crippen LogP contribution is -2.46. The first kappa shape index (κ1) is 14.8. The summed E-state index contributed by atoms with van der Waals surface area (Å²) in [5, 5.41) is 6.37. The Labute approximate surface area is 118 Å². The lowest BCUT2D eigenvalue weighted by Gasteiger charge is -2.28. The number of benzene rings is 1. The highest BCUT2D eigenvalue weighted by Gasteiger charge is 2.19. The number of hydrogen-bond acceptors (Lipinski definition) is 3. The zero-order chi connectivity index (χ0) is 14.4. The summed E-state index contributed by atoms with van der Waals surface area (Å²) < 4.78 is 18.1. The van der Waals surface area contributed by atoms with Crippen molar-refractivity contribution in [1.82, 2.24) is 10.6 Å². The monoisotopic (exact) mass is 280 g/mol. The molecular weight excluding hydrogens is 259 g/mol. The van der Waals surface area contributed by atoms with Crippen LogP contribution in [-0.2, 0) is 4.79 Å². The minimum atomic E-state index is -0.296. The topological polar surface area (TPSA) is 50.4 Å². The molecule has 0 aliphatic carbocycles. The molecule has 0 radical (unpaired) electrons. The number of carbonyl (C=O) groups is 1. The van der Waals surface area contributed by atoms with Crippen molar-refractivity contribution in [1.29, 1.82) is 0 Å². The average Bonchev–Trinajstić information content (AvgIpc) is 2.41. The van der Waals surface area contributed by atoms with E-state index in [0.29, 0.717) is 24.8 Å². The highest BCUT2D eigenvalue weighted by atomic mass is 19.1. The van der Waals surface area contributed by atoms with E-state index in [1.54, 1.807) is 12.1 Å². The van der Waals surface area contributed by atoms with E-state index in [2.05, 4.69) is 17.6 Å². The van der Waals surface area contributed by atoms with Crippen LogP contribution in [0.1, 0.15) is 26.2 Å². The van der Waals surface area contributed by atoms with Gasteiger partial charge in [0, 0.05) is 12.1 Å². The van der Waals surface area contributed by atoms with E-state index in [9.17, 15) is 9.18 Å². The first-order chi connectivity index (χ1) is 9.63. The van der Waals surface area contributed by atoms with Crippen molar-refractivity contribution in [2.45, 2.75) is 38.3 Å². The fraction of sp³-hybridized carbons (Fsp3) is 0.533. The van der Waals surface area contributed by atoms with Crippen molar-refractivity contribution < 1.29 is 13.9 Å². The van der Waals surface area contributed by atoms with Gasteiger partial charge in [-0.05, 0) is 50.6 Å². The molecule has 0 aromatic heterocycles. The summed E-state index contributed by atoms with van der Waals surface area (Å²) in [6.45, 7) is 3.37. The summed E-state index contributed by atoms with van der Waals surface area (Å²) in [7, 11) is 0. The second-order valence-corrected chi connectivity index (χ2v) is 5.20. The summed E-state index contributed by atoms with van der Waals surface area (Å²) in [5.41, 5.74) is 0. The van der Waals surface area contributed by atoms with Gasteiger partial charge in [-0.1, -0.05) is 0 Å². The Morgan fingerprint density at radius 2 is 2.20 bits per heavy atom. The fourth-order valence-corrected chi connectivity index (χ4v) is 2.36. The summed E-state index contributed by atoms with van der Waals surface area (Å²) in [5.74, 6) is 0.288. The number of piperidine rings is 1. The first-order valence-electron chi connectivity index (χ1n) is 7.04. The van der Waals surface area contributed by atoms with Gasteiger partial charge in [0.25, 0.3) is 0 Å². The third-order valence-electron chi connectivity index (χ3n) is 3.40. The van der Waals surface area contributed by atoms with Gasteiger partial charge >= 0.3 is 0 Å². The van der Waals surface area contributed by atoms with Gasteiger partial charge in [0.15, 0.2) is 0 Å². The smallest absolute Gasteiger partial charge is 0.223 e. The number of rotatable bonds is 5. The van der Waals surface area contributed by atoms with E-state index in [1.165, 1.54) is 12.1 Å². The molecule has 1 aromatic carbocycles. The van der Waals surface area contributed by atoms with Crippen LogP contribution in [0.15, 0.2) is 24.3 Å². The van der Waals surface area contributed by atoms with Crippen LogP contribution in [0.2, 0.25) is 0 Å². The minimum absolute atomic E-state index is 0.00575. The molecule has 1 fully saturated rings. The fourth-order valence-electron chi connectivity index (χ4n) is 2.36. The van der Waals surface area contributed by atoms with E-state index >= 15 is 0 Å². The zero-order valence-corrected chi connectivity index (χ0v) is 11.7. The Kier molecular flexibility index (Phi) is 5.35. The van der Waals surface area contributed by atoms with E-state index in [-0.39, 0.29) is 17.8 Å². The molecule has 1 aliphatic heterocycles. The minimum Gasteiger partial charge on any atom is -0.493 e. The van der Waals surface area contributed by atoms with Crippen LogP contribution in [0, 0.1) is 5.82 Å². The number of halogens is 1. The van der Waals surface area contributed by atoms with Gasteiger partial charge in [0.1, 0.15) is 11.6 Å². The molecule has 110 valence electrons. The zero-order valence-electron chi connectivity index (χ0n) is 11.7. The quantitative estimate of drug-likeness (QED) is 0.865. The van der Waals surface area contributed by atoms with E-state index in [4.69, 9.17) is 4.74 Å². The molecule has 1 heterocycles. The highest BCUT2D eigenvalue weighted by Crippen LogP contribution is 2.11. The number of amides is 1. The molecule has 2 N–H and O–H groups in total. The Morgan fingerprint density at radius 1 is 1.45 bits per heavy atom. The second kappa shape index (κ2) is 7.24. The molecule has 1 aliphatic rings. The molecule has 0 saturated carbocycles. The average molecular weight is 280 g/mol. The van der Waals surface area contributed by atoms with Gasteiger partial charge in [-0.3, -0.25) is 4.79 Å². The van der Waals surface area contributed by atoms with Crippen molar-refractivity contribution in [3.63, 3.8) is 0 Å². The maximum atomic E-state index is 12.7. The molecule has 0 bridgehead atoms. The number of nitrogens with one attached hydrogen (secondary N) is 2. The SMILES string of the molecule is CC1CC(NC(=O)CCOc2ccc(F)cc2)CCN1.